The first-order valence-corrected chi connectivity index (χ1v) is 20.3. The summed E-state index contributed by atoms with van der Waals surface area (Å²) >= 11 is 24.9. The summed E-state index contributed by atoms with van der Waals surface area (Å²) in [6.07, 6.45) is 14.1. The molecule has 0 radical (unpaired) electrons. The molecular formula is C42H40Cl4N4O6. The molecule has 6 heterocycles. The standard InChI is InChI=1S/C42H40Cl4N4O6/c43-35-7-5-31(19-37(35)45)53-33-17-29-11-13-41(21-33,49(29)25-27-3-1-15-47-23-27)55-39(51)9-10-40(52)56-42-14-12-30(50(42)26-28-4-2-16-48-24-28)18-34(22-42)54-32-6-8-36(44)38(46)20-32/h1-10,15-16,19-20,23-24,29-30,33-34H,11-14,17-18,21-22,25-26H2/b10-9+. The molecule has 10 nitrogen and oxygen atoms in total. The molecule has 4 bridgehead atoms. The zero-order valence-corrected chi connectivity index (χ0v) is 33.4. The van der Waals surface area contributed by atoms with Gasteiger partial charge in [-0.2, -0.15) is 0 Å². The van der Waals surface area contributed by atoms with E-state index in [4.69, 9.17) is 65.4 Å². The van der Waals surface area contributed by atoms with Crippen LogP contribution in [0.5, 0.6) is 11.5 Å². The van der Waals surface area contributed by atoms with Crippen LogP contribution in [0.3, 0.4) is 0 Å². The molecule has 0 spiro atoms. The van der Waals surface area contributed by atoms with E-state index in [-0.39, 0.29) is 24.3 Å². The summed E-state index contributed by atoms with van der Waals surface area (Å²) in [7, 11) is 0. The number of halogens is 4. The Bertz CT molecular complexity index is 1950. The van der Waals surface area contributed by atoms with E-state index in [1.165, 1.54) is 0 Å². The second-order valence-corrected chi connectivity index (χ2v) is 16.6. The zero-order valence-electron chi connectivity index (χ0n) is 30.4. The van der Waals surface area contributed by atoms with E-state index in [2.05, 4.69) is 19.8 Å². The van der Waals surface area contributed by atoms with Gasteiger partial charge in [0.05, 0.1) is 20.1 Å². The van der Waals surface area contributed by atoms with Crippen LogP contribution >= 0.6 is 46.4 Å². The molecule has 0 N–H and O–H groups in total. The number of carbonyl (C=O) groups is 2. The largest absolute Gasteiger partial charge is 0.490 e. The van der Waals surface area contributed by atoms with Crippen LogP contribution in [-0.2, 0) is 32.2 Å². The van der Waals surface area contributed by atoms with Crippen molar-refractivity contribution in [2.24, 2.45) is 0 Å². The lowest BCUT2D eigenvalue weighted by molar-refractivity contribution is -0.196. The molecule has 14 heteroatoms. The van der Waals surface area contributed by atoms with Crippen LogP contribution in [0.1, 0.15) is 62.5 Å². The molecule has 0 saturated carbocycles. The number of hydrogen-bond acceptors (Lipinski definition) is 10. The first kappa shape index (κ1) is 38.9. The minimum Gasteiger partial charge on any atom is -0.490 e. The second-order valence-electron chi connectivity index (χ2n) is 14.9. The molecule has 4 aliphatic rings. The first-order valence-electron chi connectivity index (χ1n) is 18.8. The van der Waals surface area contributed by atoms with Crippen molar-refractivity contribution < 1.29 is 28.5 Å². The minimum absolute atomic E-state index is 0.0871. The van der Waals surface area contributed by atoms with E-state index in [0.29, 0.717) is 70.4 Å². The third-order valence-corrected chi connectivity index (χ3v) is 12.8. The van der Waals surface area contributed by atoms with E-state index >= 15 is 0 Å². The van der Waals surface area contributed by atoms with Crippen molar-refractivity contribution in [3.05, 3.63) is 129 Å². The Hall–Kier alpha value is -3.90. The summed E-state index contributed by atoms with van der Waals surface area (Å²) in [5.74, 6) is -0.112. The van der Waals surface area contributed by atoms with Crippen molar-refractivity contribution in [2.75, 3.05) is 0 Å². The van der Waals surface area contributed by atoms with Crippen molar-refractivity contribution in [3.63, 3.8) is 0 Å². The summed E-state index contributed by atoms with van der Waals surface area (Å²) in [5, 5.41) is 1.67. The van der Waals surface area contributed by atoms with Gasteiger partial charge in [-0.1, -0.05) is 58.5 Å². The third kappa shape index (κ3) is 8.51. The van der Waals surface area contributed by atoms with Gasteiger partial charge >= 0.3 is 11.9 Å². The number of piperidine rings is 2. The molecule has 4 fully saturated rings. The lowest BCUT2D eigenvalue weighted by Gasteiger charge is -2.46. The molecule has 4 aromatic rings. The number of pyridine rings is 2. The Morgan fingerprint density at radius 1 is 0.661 bits per heavy atom. The highest BCUT2D eigenvalue weighted by molar-refractivity contribution is 6.42. The highest BCUT2D eigenvalue weighted by Gasteiger charge is 2.56. The molecule has 4 aliphatic heterocycles. The topological polar surface area (TPSA) is 103 Å². The number of fused-ring (bicyclic) bond motifs is 4. The maximum absolute atomic E-state index is 13.7. The monoisotopic (exact) mass is 836 g/mol. The number of benzene rings is 2. The minimum atomic E-state index is -0.971. The van der Waals surface area contributed by atoms with Gasteiger partial charge in [-0.15, -0.1) is 0 Å². The number of nitrogens with zero attached hydrogens (tertiary/aromatic N) is 4. The average Bonchev–Trinajstić information content (AvgIpc) is 3.49. The Labute approximate surface area is 345 Å². The fourth-order valence-electron chi connectivity index (χ4n) is 8.93. The van der Waals surface area contributed by atoms with E-state index in [0.717, 1.165) is 49.0 Å². The second kappa shape index (κ2) is 16.5. The van der Waals surface area contributed by atoms with E-state index in [9.17, 15) is 9.59 Å². The van der Waals surface area contributed by atoms with Crippen molar-refractivity contribution in [1.82, 2.24) is 19.8 Å². The maximum Gasteiger partial charge on any atom is 0.332 e. The van der Waals surface area contributed by atoms with Crippen LogP contribution in [0, 0.1) is 0 Å². The van der Waals surface area contributed by atoms with E-state index in [1.807, 2.05) is 36.7 Å². The molecule has 8 rings (SSSR count). The fourth-order valence-corrected chi connectivity index (χ4v) is 9.51. The van der Waals surface area contributed by atoms with Crippen molar-refractivity contribution in [2.45, 2.75) is 100 Å². The van der Waals surface area contributed by atoms with Gasteiger partial charge in [-0.25, -0.2) is 9.59 Å². The Morgan fingerprint density at radius 2 is 1.11 bits per heavy atom. The zero-order chi connectivity index (χ0) is 38.9. The van der Waals surface area contributed by atoms with Crippen LogP contribution in [0.15, 0.2) is 97.6 Å². The number of aromatic nitrogens is 2. The van der Waals surface area contributed by atoms with Gasteiger partial charge in [-0.3, -0.25) is 19.8 Å². The molecule has 0 amide bonds. The summed E-state index contributed by atoms with van der Waals surface area (Å²) in [6.45, 7) is 1.08. The quantitative estimate of drug-likeness (QED) is 0.101. The van der Waals surface area contributed by atoms with Crippen LogP contribution in [0.25, 0.3) is 0 Å². The lowest BCUT2D eigenvalue weighted by Crippen LogP contribution is -2.57. The predicted octanol–water partition coefficient (Wildman–Crippen LogP) is 9.24. The summed E-state index contributed by atoms with van der Waals surface area (Å²) in [4.78, 5) is 40.5. The highest BCUT2D eigenvalue weighted by Crippen LogP contribution is 2.49. The third-order valence-electron chi connectivity index (χ3n) is 11.3. The number of ether oxygens (including phenoxy) is 4. The summed E-state index contributed by atoms with van der Waals surface area (Å²) in [6, 6.07) is 18.3. The molecule has 292 valence electrons. The fraction of sp³-hybridized carbons (Fsp3) is 0.381. The Balaban J connectivity index is 0.990. The number of esters is 2. The van der Waals surface area contributed by atoms with Crippen molar-refractivity contribution in [1.29, 1.82) is 0 Å². The first-order chi connectivity index (χ1) is 27.1. The molecule has 2 aromatic carbocycles. The molecule has 0 aliphatic carbocycles. The van der Waals surface area contributed by atoms with Crippen molar-refractivity contribution in [3.8, 4) is 11.5 Å². The number of hydrogen-bond donors (Lipinski definition) is 0. The smallest absolute Gasteiger partial charge is 0.332 e. The van der Waals surface area contributed by atoms with Gasteiger partial charge in [0, 0.05) is 113 Å². The molecular weight excluding hydrogens is 798 g/mol. The van der Waals surface area contributed by atoms with Crippen LogP contribution in [0.4, 0.5) is 0 Å². The van der Waals surface area contributed by atoms with Gasteiger partial charge in [0.1, 0.15) is 23.7 Å². The van der Waals surface area contributed by atoms with Crippen LogP contribution < -0.4 is 9.47 Å². The van der Waals surface area contributed by atoms with Gasteiger partial charge in [0.15, 0.2) is 11.4 Å². The van der Waals surface area contributed by atoms with Gasteiger partial charge in [-0.05, 0) is 60.4 Å². The van der Waals surface area contributed by atoms with Gasteiger partial charge < -0.3 is 18.9 Å². The van der Waals surface area contributed by atoms with Gasteiger partial charge in [0.25, 0.3) is 0 Å². The summed E-state index contributed by atoms with van der Waals surface area (Å²) in [5.41, 5.74) is 0.0613. The maximum atomic E-state index is 13.7. The van der Waals surface area contributed by atoms with E-state index < -0.39 is 23.4 Å². The van der Waals surface area contributed by atoms with Crippen LogP contribution in [0.2, 0.25) is 20.1 Å². The highest BCUT2D eigenvalue weighted by atomic mass is 35.5. The summed E-state index contributed by atoms with van der Waals surface area (Å²) < 4.78 is 25.5. The lowest BCUT2D eigenvalue weighted by atomic mass is 9.95. The van der Waals surface area contributed by atoms with Crippen molar-refractivity contribution >= 4 is 58.3 Å². The average molecular weight is 839 g/mol. The Morgan fingerprint density at radius 3 is 1.50 bits per heavy atom. The molecule has 4 saturated heterocycles. The molecule has 2 aromatic heterocycles. The normalized spacial score (nSPS) is 27.3. The molecule has 56 heavy (non-hydrogen) atoms. The SMILES string of the molecule is O=C(/C=C/C(=O)OC12CCC(CC(Oc3ccc(Cl)c(Cl)c3)C1)N2Cc1cccnc1)OC12CCC(CC(Oc3ccc(Cl)c(Cl)c3)C1)N2Cc1cccnc1. The Kier molecular flexibility index (Phi) is 11.5. The number of carbonyl (C=O) groups excluding carboxylic acids is 2. The number of rotatable bonds is 12. The van der Waals surface area contributed by atoms with Gasteiger partial charge in [0.2, 0.25) is 0 Å². The van der Waals surface area contributed by atoms with Crippen LogP contribution in [-0.4, -0.2) is 67.4 Å². The predicted molar refractivity (Wildman–Crippen MR) is 213 cm³/mol. The molecule has 6 atom stereocenters. The van der Waals surface area contributed by atoms with E-state index in [1.54, 1.807) is 48.8 Å². The molecule has 6 unspecified atom stereocenters.